The van der Waals surface area contributed by atoms with Crippen LogP contribution in [0.1, 0.15) is 11.1 Å². The van der Waals surface area contributed by atoms with Gasteiger partial charge in [-0.3, -0.25) is 0 Å². The first-order valence-corrected chi connectivity index (χ1v) is 7.51. The molecule has 0 aliphatic rings. The van der Waals surface area contributed by atoms with Crippen LogP contribution in [0.5, 0.6) is 5.75 Å². The minimum Gasteiger partial charge on any atom is -0.496 e. The fourth-order valence-electron chi connectivity index (χ4n) is 2.49. The maximum Gasteiger partial charge on any atom is 0.133 e. The molecule has 0 radical (unpaired) electrons. The monoisotopic (exact) mass is 345 g/mol. The average molecular weight is 346 g/mol. The number of methoxy groups -OCH3 is 1. The maximum absolute atomic E-state index is 9.20. The number of aromatic nitrogens is 1. The van der Waals surface area contributed by atoms with E-state index in [1.165, 1.54) is 11.1 Å². The van der Waals surface area contributed by atoms with Crippen LogP contribution in [0.2, 0.25) is 0 Å². The number of fused-ring (bicyclic) bond motifs is 1. The number of rotatable bonds is 4. The zero-order chi connectivity index (χ0) is 14.8. The summed E-state index contributed by atoms with van der Waals surface area (Å²) in [6.07, 6.45) is 2.07. The van der Waals surface area contributed by atoms with Gasteiger partial charge in [-0.05, 0) is 62.8 Å². The molecule has 3 rings (SSSR count). The first kappa shape index (κ1) is 14.2. The van der Waals surface area contributed by atoms with E-state index in [0.29, 0.717) is 0 Å². The van der Waals surface area contributed by atoms with Gasteiger partial charge < -0.3 is 14.4 Å². The van der Waals surface area contributed by atoms with Crippen molar-refractivity contribution in [3.05, 3.63) is 64.3 Å². The molecule has 1 heterocycles. The van der Waals surface area contributed by atoms with E-state index < -0.39 is 0 Å². The van der Waals surface area contributed by atoms with Gasteiger partial charge in [0, 0.05) is 18.3 Å². The van der Waals surface area contributed by atoms with Crippen LogP contribution in [-0.4, -0.2) is 16.8 Å². The fraction of sp³-hybridized carbons (Fsp3) is 0.176. The fourth-order valence-corrected chi connectivity index (χ4v) is 3.08. The number of hydrogen-bond donors (Lipinski definition) is 1. The summed E-state index contributed by atoms with van der Waals surface area (Å²) < 4.78 is 8.41. The molecule has 0 bridgehead atoms. The van der Waals surface area contributed by atoms with E-state index in [1.807, 2.05) is 18.2 Å². The number of aliphatic hydroxyl groups is 1. The van der Waals surface area contributed by atoms with E-state index in [-0.39, 0.29) is 6.61 Å². The Labute approximate surface area is 131 Å². The zero-order valence-corrected chi connectivity index (χ0v) is 13.3. The van der Waals surface area contributed by atoms with Gasteiger partial charge in [-0.1, -0.05) is 12.1 Å². The van der Waals surface area contributed by atoms with Crippen molar-refractivity contribution in [3.8, 4) is 5.75 Å². The third-order valence-corrected chi connectivity index (χ3v) is 4.21. The van der Waals surface area contributed by atoms with Crippen molar-refractivity contribution in [2.45, 2.75) is 13.2 Å². The lowest BCUT2D eigenvalue weighted by Gasteiger charge is -2.09. The zero-order valence-electron chi connectivity index (χ0n) is 11.7. The van der Waals surface area contributed by atoms with Crippen LogP contribution < -0.4 is 4.74 Å². The second-order valence-electron chi connectivity index (χ2n) is 4.96. The summed E-state index contributed by atoms with van der Waals surface area (Å²) in [5.41, 5.74) is 3.30. The van der Waals surface area contributed by atoms with E-state index >= 15 is 0 Å². The van der Waals surface area contributed by atoms with Crippen molar-refractivity contribution < 1.29 is 9.84 Å². The van der Waals surface area contributed by atoms with E-state index in [2.05, 4.69) is 51.0 Å². The highest BCUT2D eigenvalue weighted by molar-refractivity contribution is 9.10. The van der Waals surface area contributed by atoms with Gasteiger partial charge >= 0.3 is 0 Å². The van der Waals surface area contributed by atoms with Crippen LogP contribution in [0.15, 0.2) is 53.1 Å². The number of nitrogens with zero attached hydrogens (tertiary/aromatic N) is 1. The molecule has 21 heavy (non-hydrogen) atoms. The molecular formula is C17H16BrNO2. The molecule has 3 aromatic rings. The summed E-state index contributed by atoms with van der Waals surface area (Å²) >= 11 is 3.52. The van der Waals surface area contributed by atoms with Gasteiger partial charge in [-0.25, -0.2) is 0 Å². The smallest absolute Gasteiger partial charge is 0.133 e. The molecule has 2 aromatic carbocycles. The van der Waals surface area contributed by atoms with Crippen LogP contribution in [-0.2, 0) is 13.2 Å². The van der Waals surface area contributed by atoms with Crippen LogP contribution >= 0.6 is 15.9 Å². The molecule has 3 nitrogen and oxygen atoms in total. The van der Waals surface area contributed by atoms with Crippen LogP contribution in [0.4, 0.5) is 0 Å². The summed E-state index contributed by atoms with van der Waals surface area (Å²) in [5.74, 6) is 0.837. The Morgan fingerprint density at radius 2 is 1.90 bits per heavy atom. The van der Waals surface area contributed by atoms with Gasteiger partial charge in [0.25, 0.3) is 0 Å². The molecule has 0 amide bonds. The van der Waals surface area contributed by atoms with Gasteiger partial charge in [0.05, 0.1) is 18.2 Å². The molecule has 4 heteroatoms. The maximum atomic E-state index is 9.20. The van der Waals surface area contributed by atoms with Crippen LogP contribution in [0.25, 0.3) is 10.9 Å². The summed E-state index contributed by atoms with van der Waals surface area (Å²) in [5, 5.41) is 10.3. The molecule has 1 N–H and O–H groups in total. The Balaban J connectivity index is 1.93. The van der Waals surface area contributed by atoms with Gasteiger partial charge in [0.2, 0.25) is 0 Å². The third-order valence-electron chi connectivity index (χ3n) is 3.59. The predicted molar refractivity (Wildman–Crippen MR) is 87.7 cm³/mol. The lowest BCUT2D eigenvalue weighted by molar-refractivity contribution is 0.282. The second kappa shape index (κ2) is 5.92. The molecular weight excluding hydrogens is 330 g/mol. The number of aliphatic hydroxyl groups excluding tert-OH is 1. The summed E-state index contributed by atoms with van der Waals surface area (Å²) in [6, 6.07) is 14.2. The van der Waals surface area contributed by atoms with Gasteiger partial charge in [-0.2, -0.15) is 0 Å². The summed E-state index contributed by atoms with van der Waals surface area (Å²) in [6.45, 7) is 0.872. The SMILES string of the molecule is COc1ccc(Cn2ccc3cc(CO)ccc32)cc1Br. The predicted octanol–water partition coefficient (Wildman–Crippen LogP) is 3.95. The standard InChI is InChI=1S/C17H16BrNO2/c1-21-17-5-3-12(9-15(17)18)10-19-7-6-14-8-13(11-20)2-4-16(14)19/h2-9,20H,10-11H2,1H3. The largest absolute Gasteiger partial charge is 0.496 e. The average Bonchev–Trinajstić information content (AvgIpc) is 2.89. The van der Waals surface area contributed by atoms with Crippen molar-refractivity contribution in [2.24, 2.45) is 0 Å². The summed E-state index contributed by atoms with van der Waals surface area (Å²) in [7, 11) is 1.66. The Morgan fingerprint density at radius 1 is 1.10 bits per heavy atom. The molecule has 0 saturated heterocycles. The third kappa shape index (κ3) is 2.82. The Kier molecular flexibility index (Phi) is 3.99. The van der Waals surface area contributed by atoms with E-state index in [4.69, 9.17) is 4.74 Å². The molecule has 108 valence electrons. The highest BCUT2D eigenvalue weighted by Crippen LogP contribution is 2.26. The highest BCUT2D eigenvalue weighted by Gasteiger charge is 2.05. The van der Waals surface area contributed by atoms with Crippen molar-refractivity contribution >= 4 is 26.8 Å². The molecule has 0 aliphatic carbocycles. The Hall–Kier alpha value is -1.78. The lowest BCUT2D eigenvalue weighted by atomic mass is 10.1. The lowest BCUT2D eigenvalue weighted by Crippen LogP contribution is -1.98. The van der Waals surface area contributed by atoms with E-state index in [1.54, 1.807) is 7.11 Å². The van der Waals surface area contributed by atoms with Gasteiger partial charge in [-0.15, -0.1) is 0 Å². The minimum atomic E-state index is 0.0759. The van der Waals surface area contributed by atoms with Gasteiger partial charge in [0.1, 0.15) is 5.75 Å². The molecule has 0 atom stereocenters. The molecule has 0 spiro atoms. The Morgan fingerprint density at radius 3 is 2.62 bits per heavy atom. The van der Waals surface area contributed by atoms with Crippen LogP contribution in [0.3, 0.4) is 0 Å². The molecule has 0 unspecified atom stereocenters. The van der Waals surface area contributed by atoms with E-state index in [9.17, 15) is 5.11 Å². The first-order valence-electron chi connectivity index (χ1n) is 6.72. The van der Waals surface area contributed by atoms with Crippen molar-refractivity contribution in [1.82, 2.24) is 4.57 Å². The topological polar surface area (TPSA) is 34.4 Å². The molecule has 1 aromatic heterocycles. The Bertz CT molecular complexity index is 780. The molecule has 0 fully saturated rings. The minimum absolute atomic E-state index is 0.0759. The number of benzene rings is 2. The molecule has 0 aliphatic heterocycles. The highest BCUT2D eigenvalue weighted by atomic mass is 79.9. The van der Waals surface area contributed by atoms with Crippen molar-refractivity contribution in [2.75, 3.05) is 7.11 Å². The first-order chi connectivity index (χ1) is 10.2. The van der Waals surface area contributed by atoms with Gasteiger partial charge in [0.15, 0.2) is 0 Å². The second-order valence-corrected chi connectivity index (χ2v) is 5.82. The van der Waals surface area contributed by atoms with E-state index in [0.717, 1.165) is 27.7 Å². The van der Waals surface area contributed by atoms with Crippen LogP contribution in [0, 0.1) is 0 Å². The normalized spacial score (nSPS) is 11.0. The molecule has 0 saturated carbocycles. The quantitative estimate of drug-likeness (QED) is 0.776. The number of ether oxygens (including phenoxy) is 1. The van der Waals surface area contributed by atoms with Crippen molar-refractivity contribution in [3.63, 3.8) is 0 Å². The number of halogens is 1. The van der Waals surface area contributed by atoms with Crippen molar-refractivity contribution in [1.29, 1.82) is 0 Å². The summed E-state index contributed by atoms with van der Waals surface area (Å²) in [4.78, 5) is 0. The number of hydrogen-bond acceptors (Lipinski definition) is 2.